The SMILES string of the molecule is COc1cccc(CN2C[C@@]3(F)CN(Cc4ccc5cn[nH]c5c4)C[C@@]3(F)C2=O)c1. The van der Waals surface area contributed by atoms with E-state index < -0.39 is 17.2 Å². The summed E-state index contributed by atoms with van der Waals surface area (Å²) in [6, 6.07) is 12.9. The lowest BCUT2D eigenvalue weighted by molar-refractivity contribution is -0.139. The number of benzene rings is 2. The highest BCUT2D eigenvalue weighted by atomic mass is 19.2. The van der Waals surface area contributed by atoms with Gasteiger partial charge in [-0.05, 0) is 29.3 Å². The Labute approximate surface area is 172 Å². The first-order valence-electron chi connectivity index (χ1n) is 9.85. The van der Waals surface area contributed by atoms with Crippen LogP contribution in [-0.4, -0.2) is 64.0 Å². The maximum Gasteiger partial charge on any atom is 0.265 e. The van der Waals surface area contributed by atoms with Gasteiger partial charge in [0.05, 0.1) is 25.4 Å². The summed E-state index contributed by atoms with van der Waals surface area (Å²) in [5, 5.41) is 7.86. The van der Waals surface area contributed by atoms with E-state index in [1.807, 2.05) is 24.3 Å². The van der Waals surface area contributed by atoms with E-state index in [1.54, 1.807) is 36.4 Å². The second kappa shape index (κ2) is 6.77. The third-order valence-corrected chi connectivity index (χ3v) is 6.11. The van der Waals surface area contributed by atoms with Crippen molar-refractivity contribution in [3.8, 4) is 5.75 Å². The molecule has 1 amide bonds. The van der Waals surface area contributed by atoms with Gasteiger partial charge in [-0.3, -0.25) is 14.8 Å². The molecule has 2 atom stereocenters. The molecule has 2 aliphatic heterocycles. The van der Waals surface area contributed by atoms with Crippen molar-refractivity contribution in [3.63, 3.8) is 0 Å². The number of fused-ring (bicyclic) bond motifs is 2. The number of halogens is 2. The first kappa shape index (κ1) is 19.0. The summed E-state index contributed by atoms with van der Waals surface area (Å²) in [7, 11) is 1.55. The molecule has 30 heavy (non-hydrogen) atoms. The zero-order valence-corrected chi connectivity index (χ0v) is 16.6. The van der Waals surface area contributed by atoms with Crippen molar-refractivity contribution in [2.45, 2.75) is 24.4 Å². The minimum absolute atomic E-state index is 0.120. The molecule has 0 radical (unpaired) electrons. The molecule has 8 heteroatoms. The third kappa shape index (κ3) is 2.94. The zero-order chi connectivity index (χ0) is 20.9. The van der Waals surface area contributed by atoms with Crippen LogP contribution in [0.15, 0.2) is 48.7 Å². The average Bonchev–Trinajstić information content (AvgIpc) is 3.33. The molecule has 1 N–H and O–H groups in total. The molecule has 0 saturated carbocycles. The predicted octanol–water partition coefficient (Wildman–Crippen LogP) is 2.85. The van der Waals surface area contributed by atoms with Crippen LogP contribution >= 0.6 is 0 Å². The molecule has 2 aliphatic rings. The molecule has 6 nitrogen and oxygen atoms in total. The van der Waals surface area contributed by atoms with Gasteiger partial charge in [-0.15, -0.1) is 0 Å². The topological polar surface area (TPSA) is 61.5 Å². The number of aromatic amines is 1. The Kier molecular flexibility index (Phi) is 4.28. The number of rotatable bonds is 5. The van der Waals surface area contributed by atoms with Gasteiger partial charge >= 0.3 is 0 Å². The Morgan fingerprint density at radius 1 is 1.10 bits per heavy atom. The van der Waals surface area contributed by atoms with Crippen LogP contribution in [0.1, 0.15) is 11.1 Å². The standard InChI is InChI=1S/C22H22F2N4O2/c1-30-18-4-2-3-15(7-18)11-28-13-21(23)12-27(14-22(21,24)20(28)29)10-16-5-6-17-9-25-26-19(17)8-16/h2-9H,10-14H2,1H3,(H,25,26)/t21-,22+/m0/s1. The van der Waals surface area contributed by atoms with E-state index in [-0.39, 0.29) is 26.2 Å². The largest absolute Gasteiger partial charge is 0.497 e. The Morgan fingerprint density at radius 2 is 1.93 bits per heavy atom. The predicted molar refractivity (Wildman–Crippen MR) is 107 cm³/mol. The van der Waals surface area contributed by atoms with Gasteiger partial charge in [-0.2, -0.15) is 5.10 Å². The molecule has 156 valence electrons. The van der Waals surface area contributed by atoms with Crippen molar-refractivity contribution in [2.75, 3.05) is 26.7 Å². The molecule has 3 aromatic rings. The Morgan fingerprint density at radius 3 is 2.73 bits per heavy atom. The fraction of sp³-hybridized carbons (Fsp3) is 0.364. The Bertz CT molecular complexity index is 1120. The monoisotopic (exact) mass is 412 g/mol. The van der Waals surface area contributed by atoms with Gasteiger partial charge in [0.2, 0.25) is 5.67 Å². The lowest BCUT2D eigenvalue weighted by Gasteiger charge is -2.22. The van der Waals surface area contributed by atoms with Crippen molar-refractivity contribution in [2.24, 2.45) is 0 Å². The number of aromatic nitrogens is 2. The van der Waals surface area contributed by atoms with E-state index in [2.05, 4.69) is 10.2 Å². The van der Waals surface area contributed by atoms with Crippen LogP contribution in [-0.2, 0) is 17.9 Å². The molecule has 0 unspecified atom stereocenters. The van der Waals surface area contributed by atoms with Crippen LogP contribution in [0, 0.1) is 0 Å². The van der Waals surface area contributed by atoms with Gasteiger partial charge in [0.15, 0.2) is 5.67 Å². The van der Waals surface area contributed by atoms with E-state index in [0.717, 1.165) is 22.0 Å². The molecule has 0 bridgehead atoms. The second-order valence-corrected chi connectivity index (χ2v) is 8.22. The minimum atomic E-state index is -2.52. The van der Waals surface area contributed by atoms with E-state index in [4.69, 9.17) is 4.74 Å². The molecule has 1 aromatic heterocycles. The molecule has 0 aliphatic carbocycles. The van der Waals surface area contributed by atoms with Crippen LogP contribution in [0.25, 0.3) is 10.9 Å². The minimum Gasteiger partial charge on any atom is -0.497 e. The van der Waals surface area contributed by atoms with Crippen molar-refractivity contribution in [3.05, 3.63) is 59.8 Å². The highest BCUT2D eigenvalue weighted by Gasteiger charge is 2.70. The highest BCUT2D eigenvalue weighted by Crippen LogP contribution is 2.46. The van der Waals surface area contributed by atoms with Crippen LogP contribution < -0.4 is 4.74 Å². The summed E-state index contributed by atoms with van der Waals surface area (Å²) in [6.45, 7) is -0.0994. The quantitative estimate of drug-likeness (QED) is 0.700. The zero-order valence-electron chi connectivity index (χ0n) is 16.6. The average molecular weight is 412 g/mol. The molecule has 2 saturated heterocycles. The van der Waals surface area contributed by atoms with Gasteiger partial charge in [0.25, 0.3) is 5.91 Å². The Balaban J connectivity index is 1.31. The number of methoxy groups -OCH3 is 1. The van der Waals surface area contributed by atoms with Crippen LogP contribution in [0.5, 0.6) is 5.75 Å². The number of alkyl halides is 2. The summed E-state index contributed by atoms with van der Waals surface area (Å²) in [5.41, 5.74) is -2.18. The number of amides is 1. The van der Waals surface area contributed by atoms with Gasteiger partial charge in [-0.25, -0.2) is 8.78 Å². The number of H-pyrrole nitrogens is 1. The number of carbonyl (C=O) groups is 1. The lowest BCUT2D eigenvalue weighted by Crippen LogP contribution is -2.47. The summed E-state index contributed by atoms with van der Waals surface area (Å²) in [6.07, 6.45) is 1.72. The van der Waals surface area contributed by atoms with Gasteiger partial charge in [0.1, 0.15) is 5.75 Å². The van der Waals surface area contributed by atoms with Gasteiger partial charge < -0.3 is 9.64 Å². The fourth-order valence-corrected chi connectivity index (χ4v) is 4.62. The summed E-state index contributed by atoms with van der Waals surface area (Å²) in [4.78, 5) is 15.8. The lowest BCUT2D eigenvalue weighted by atomic mass is 9.93. The smallest absolute Gasteiger partial charge is 0.265 e. The molecule has 3 heterocycles. The first-order valence-corrected chi connectivity index (χ1v) is 9.85. The summed E-state index contributed by atoms with van der Waals surface area (Å²) >= 11 is 0. The third-order valence-electron chi connectivity index (χ3n) is 6.11. The number of hydrogen-bond donors (Lipinski definition) is 1. The van der Waals surface area contributed by atoms with E-state index in [0.29, 0.717) is 12.3 Å². The first-order chi connectivity index (χ1) is 14.4. The van der Waals surface area contributed by atoms with Crippen LogP contribution in [0.4, 0.5) is 8.78 Å². The number of nitrogens with zero attached hydrogens (tertiary/aromatic N) is 3. The number of carbonyl (C=O) groups excluding carboxylic acids is 1. The van der Waals surface area contributed by atoms with Crippen LogP contribution in [0.2, 0.25) is 0 Å². The molecule has 0 spiro atoms. The summed E-state index contributed by atoms with van der Waals surface area (Å²) in [5.74, 6) is -0.135. The van der Waals surface area contributed by atoms with Crippen molar-refractivity contribution < 1.29 is 18.3 Å². The maximum atomic E-state index is 15.7. The molecule has 2 fully saturated rings. The highest BCUT2D eigenvalue weighted by molar-refractivity contribution is 5.90. The van der Waals surface area contributed by atoms with E-state index >= 15 is 8.78 Å². The molecular weight excluding hydrogens is 390 g/mol. The summed E-state index contributed by atoms with van der Waals surface area (Å²) < 4.78 is 36.5. The van der Waals surface area contributed by atoms with Crippen LogP contribution in [0.3, 0.4) is 0 Å². The Hall–Kier alpha value is -3.00. The van der Waals surface area contributed by atoms with Crippen molar-refractivity contribution >= 4 is 16.8 Å². The van der Waals surface area contributed by atoms with Crippen molar-refractivity contribution in [1.29, 1.82) is 0 Å². The number of ether oxygens (including phenoxy) is 1. The molecule has 5 rings (SSSR count). The second-order valence-electron chi connectivity index (χ2n) is 8.22. The van der Waals surface area contributed by atoms with E-state index in [1.165, 1.54) is 4.90 Å². The fourth-order valence-electron chi connectivity index (χ4n) is 4.62. The number of nitrogens with one attached hydrogen (secondary N) is 1. The van der Waals surface area contributed by atoms with E-state index in [9.17, 15) is 4.79 Å². The maximum absolute atomic E-state index is 15.7. The molecular formula is C22H22F2N4O2. The number of hydrogen-bond acceptors (Lipinski definition) is 4. The number of likely N-dealkylation sites (tertiary alicyclic amines) is 2. The van der Waals surface area contributed by atoms with Gasteiger partial charge in [0, 0.05) is 31.6 Å². The normalized spacial score (nSPS) is 26.5. The molecule has 2 aromatic carbocycles. The van der Waals surface area contributed by atoms with Crippen molar-refractivity contribution in [1.82, 2.24) is 20.0 Å². The van der Waals surface area contributed by atoms with Gasteiger partial charge in [-0.1, -0.05) is 24.3 Å².